The molecule has 2 N–H and O–H groups in total. The molecule has 0 saturated carbocycles. The molecule has 0 aromatic heterocycles. The summed E-state index contributed by atoms with van der Waals surface area (Å²) in [6.07, 6.45) is 6.33. The molecule has 2 aromatic rings. The van der Waals surface area contributed by atoms with Gasteiger partial charge >= 0.3 is 0 Å². The van der Waals surface area contributed by atoms with Crippen LogP contribution in [-0.4, -0.2) is 22.8 Å². The van der Waals surface area contributed by atoms with Crippen LogP contribution in [0.3, 0.4) is 0 Å². The van der Waals surface area contributed by atoms with Crippen LogP contribution in [0.15, 0.2) is 78.6 Å². The molecule has 120 valence electrons. The van der Waals surface area contributed by atoms with Gasteiger partial charge in [0.25, 0.3) is 0 Å². The summed E-state index contributed by atoms with van der Waals surface area (Å²) in [6.45, 7) is -0.0339. The molecule has 4 rings (SSSR count). The standard InChI is InChI=1S/C20H17ClN2O/c21-17-9-6-15(7-10-17)20-18(13-24)23-12-16(8-11-19(23)22-20)14-4-2-1-3-5-14/h1-12,19,22,24H,13H2. The van der Waals surface area contributed by atoms with Crippen LogP contribution in [0.25, 0.3) is 11.3 Å². The van der Waals surface area contributed by atoms with E-state index in [0.29, 0.717) is 5.02 Å². The van der Waals surface area contributed by atoms with Crippen LogP contribution in [0.5, 0.6) is 0 Å². The Hall–Kier alpha value is -2.49. The van der Waals surface area contributed by atoms with E-state index in [-0.39, 0.29) is 12.8 Å². The molecule has 2 aliphatic rings. The minimum atomic E-state index is -0.0339. The van der Waals surface area contributed by atoms with E-state index in [2.05, 4.69) is 40.7 Å². The second-order valence-electron chi connectivity index (χ2n) is 5.79. The lowest BCUT2D eigenvalue weighted by Crippen LogP contribution is -2.34. The zero-order valence-corrected chi connectivity index (χ0v) is 13.7. The van der Waals surface area contributed by atoms with Gasteiger partial charge in [-0.3, -0.25) is 0 Å². The van der Waals surface area contributed by atoms with Crippen molar-refractivity contribution in [2.75, 3.05) is 6.61 Å². The van der Waals surface area contributed by atoms with Crippen molar-refractivity contribution in [3.63, 3.8) is 0 Å². The Bertz CT molecular complexity index is 838. The minimum Gasteiger partial charge on any atom is -0.390 e. The van der Waals surface area contributed by atoms with Gasteiger partial charge < -0.3 is 15.3 Å². The van der Waals surface area contributed by atoms with Gasteiger partial charge in [0.1, 0.15) is 6.17 Å². The summed E-state index contributed by atoms with van der Waals surface area (Å²) in [4.78, 5) is 2.09. The molecular weight excluding hydrogens is 320 g/mol. The fraction of sp³-hybridized carbons (Fsp3) is 0.100. The van der Waals surface area contributed by atoms with Crippen molar-refractivity contribution in [1.29, 1.82) is 0 Å². The summed E-state index contributed by atoms with van der Waals surface area (Å²) in [7, 11) is 0. The molecular formula is C20H17ClN2O. The number of aliphatic hydroxyl groups is 1. The van der Waals surface area contributed by atoms with Gasteiger partial charge in [0.2, 0.25) is 0 Å². The lowest BCUT2D eigenvalue weighted by Gasteiger charge is -2.27. The maximum atomic E-state index is 9.93. The molecule has 0 saturated heterocycles. The molecule has 0 radical (unpaired) electrons. The van der Waals surface area contributed by atoms with Crippen LogP contribution < -0.4 is 5.32 Å². The van der Waals surface area contributed by atoms with E-state index in [9.17, 15) is 5.11 Å². The summed E-state index contributed by atoms with van der Waals surface area (Å²) < 4.78 is 0. The SMILES string of the molecule is OCC1=C(c2ccc(Cl)cc2)NC2C=CC(c3ccccc3)=CN12. The van der Waals surface area contributed by atoms with Gasteiger partial charge in [0.15, 0.2) is 0 Å². The summed E-state index contributed by atoms with van der Waals surface area (Å²) >= 11 is 5.98. The van der Waals surface area contributed by atoms with Crippen LogP contribution in [-0.2, 0) is 0 Å². The monoisotopic (exact) mass is 336 g/mol. The largest absolute Gasteiger partial charge is 0.390 e. The van der Waals surface area contributed by atoms with Gasteiger partial charge in [-0.05, 0) is 34.9 Å². The van der Waals surface area contributed by atoms with E-state index < -0.39 is 0 Å². The Kier molecular flexibility index (Phi) is 3.89. The molecule has 2 aliphatic heterocycles. The third-order valence-electron chi connectivity index (χ3n) is 4.32. The highest BCUT2D eigenvalue weighted by Crippen LogP contribution is 2.33. The topological polar surface area (TPSA) is 35.5 Å². The molecule has 2 aromatic carbocycles. The summed E-state index contributed by atoms with van der Waals surface area (Å²) in [5.74, 6) is 0. The van der Waals surface area contributed by atoms with Crippen LogP contribution in [0.4, 0.5) is 0 Å². The number of nitrogens with one attached hydrogen (secondary N) is 1. The van der Waals surface area contributed by atoms with E-state index >= 15 is 0 Å². The van der Waals surface area contributed by atoms with E-state index in [4.69, 9.17) is 11.6 Å². The molecule has 4 heteroatoms. The first-order valence-corrected chi connectivity index (χ1v) is 8.24. The first-order valence-electron chi connectivity index (χ1n) is 7.86. The second-order valence-corrected chi connectivity index (χ2v) is 6.23. The number of rotatable bonds is 3. The van der Waals surface area contributed by atoms with Crippen molar-refractivity contribution in [3.8, 4) is 0 Å². The smallest absolute Gasteiger partial charge is 0.123 e. The van der Waals surface area contributed by atoms with Gasteiger partial charge in [0, 0.05) is 11.2 Å². The molecule has 0 spiro atoms. The van der Waals surface area contributed by atoms with Crippen LogP contribution in [0.1, 0.15) is 11.1 Å². The van der Waals surface area contributed by atoms with Crippen molar-refractivity contribution in [2.45, 2.75) is 6.17 Å². The number of allylic oxidation sites excluding steroid dienone is 2. The second kappa shape index (κ2) is 6.19. The molecule has 24 heavy (non-hydrogen) atoms. The lowest BCUT2D eigenvalue weighted by atomic mass is 10.0. The normalized spacial score (nSPS) is 19.2. The third kappa shape index (κ3) is 2.62. The van der Waals surface area contributed by atoms with Crippen LogP contribution in [0.2, 0.25) is 5.02 Å². The number of hydrogen-bond acceptors (Lipinski definition) is 3. The maximum absolute atomic E-state index is 9.93. The molecule has 2 heterocycles. The Morgan fingerprint density at radius 3 is 2.46 bits per heavy atom. The first kappa shape index (κ1) is 15.1. The summed E-state index contributed by atoms with van der Waals surface area (Å²) in [5, 5.41) is 14.1. The van der Waals surface area contributed by atoms with Crippen molar-refractivity contribution in [1.82, 2.24) is 10.2 Å². The van der Waals surface area contributed by atoms with Crippen LogP contribution in [0, 0.1) is 0 Å². The molecule has 0 aliphatic carbocycles. The number of fused-ring (bicyclic) bond motifs is 1. The molecule has 1 unspecified atom stereocenters. The number of halogens is 1. The maximum Gasteiger partial charge on any atom is 0.123 e. The van der Waals surface area contributed by atoms with Gasteiger partial charge in [-0.2, -0.15) is 0 Å². The Balaban J connectivity index is 1.73. The van der Waals surface area contributed by atoms with Crippen molar-refractivity contribution >= 4 is 22.9 Å². The average molecular weight is 337 g/mol. The van der Waals surface area contributed by atoms with Crippen molar-refractivity contribution < 1.29 is 5.11 Å². The van der Waals surface area contributed by atoms with Gasteiger partial charge in [-0.15, -0.1) is 0 Å². The highest BCUT2D eigenvalue weighted by Gasteiger charge is 2.30. The van der Waals surface area contributed by atoms with Gasteiger partial charge in [-0.25, -0.2) is 0 Å². The predicted molar refractivity (Wildman–Crippen MR) is 97.8 cm³/mol. The molecule has 0 amide bonds. The molecule has 0 fully saturated rings. The average Bonchev–Trinajstić information content (AvgIpc) is 3.00. The number of aliphatic hydroxyl groups excluding tert-OH is 1. The minimum absolute atomic E-state index is 0.0188. The fourth-order valence-corrected chi connectivity index (χ4v) is 3.24. The van der Waals surface area contributed by atoms with E-state index in [1.54, 1.807) is 0 Å². The van der Waals surface area contributed by atoms with Crippen molar-refractivity contribution in [2.24, 2.45) is 0 Å². The lowest BCUT2D eigenvalue weighted by molar-refractivity contribution is 0.280. The van der Waals surface area contributed by atoms with E-state index in [1.807, 2.05) is 42.5 Å². The number of benzene rings is 2. The van der Waals surface area contributed by atoms with Crippen LogP contribution >= 0.6 is 11.6 Å². The Morgan fingerprint density at radius 1 is 1.00 bits per heavy atom. The zero-order chi connectivity index (χ0) is 16.5. The van der Waals surface area contributed by atoms with Gasteiger partial charge in [0.05, 0.1) is 18.0 Å². The third-order valence-corrected chi connectivity index (χ3v) is 4.57. The molecule has 0 bridgehead atoms. The fourth-order valence-electron chi connectivity index (χ4n) is 3.11. The molecule has 3 nitrogen and oxygen atoms in total. The summed E-state index contributed by atoms with van der Waals surface area (Å²) in [5.41, 5.74) is 5.09. The summed E-state index contributed by atoms with van der Waals surface area (Å²) in [6, 6.07) is 17.9. The number of hydrogen-bond donors (Lipinski definition) is 2. The quantitative estimate of drug-likeness (QED) is 0.894. The highest BCUT2D eigenvalue weighted by atomic mass is 35.5. The Labute approximate surface area is 146 Å². The number of nitrogens with zero attached hydrogens (tertiary/aromatic N) is 1. The van der Waals surface area contributed by atoms with Gasteiger partial charge in [-0.1, -0.05) is 60.1 Å². The Morgan fingerprint density at radius 2 is 1.75 bits per heavy atom. The zero-order valence-electron chi connectivity index (χ0n) is 13.0. The first-order chi connectivity index (χ1) is 11.8. The predicted octanol–water partition coefficient (Wildman–Crippen LogP) is 3.84. The highest BCUT2D eigenvalue weighted by molar-refractivity contribution is 6.30. The van der Waals surface area contributed by atoms with E-state index in [0.717, 1.165) is 28.1 Å². The van der Waals surface area contributed by atoms with E-state index in [1.165, 1.54) is 0 Å². The molecule has 1 atom stereocenters. The van der Waals surface area contributed by atoms with Crippen molar-refractivity contribution in [3.05, 3.63) is 94.8 Å².